The third-order valence-corrected chi connectivity index (χ3v) is 4.39. The van der Waals surface area contributed by atoms with Gasteiger partial charge in [0.15, 0.2) is 0 Å². The number of esters is 1. The van der Waals surface area contributed by atoms with Gasteiger partial charge in [-0.05, 0) is 32.3 Å². The number of hydrogen-bond donors (Lipinski definition) is 1. The van der Waals surface area contributed by atoms with Gasteiger partial charge < -0.3 is 10.1 Å². The smallest absolute Gasteiger partial charge is 0.343 e. The van der Waals surface area contributed by atoms with Crippen molar-refractivity contribution in [3.8, 4) is 0 Å². The average Bonchev–Trinajstić information content (AvgIpc) is 2.97. The van der Waals surface area contributed by atoms with Crippen LogP contribution >= 0.6 is 22.9 Å². The highest BCUT2D eigenvalue weighted by atomic mass is 32.1. The lowest BCUT2D eigenvalue weighted by atomic mass is 10.2. The van der Waals surface area contributed by atoms with Crippen molar-refractivity contribution in [2.75, 3.05) is 18.5 Å². The van der Waals surface area contributed by atoms with Gasteiger partial charge in [0.05, 0.1) is 23.0 Å². The normalized spacial score (nSPS) is 10.6. The lowest BCUT2D eigenvalue weighted by Gasteiger charge is -2.06. The molecule has 0 saturated heterocycles. The van der Waals surface area contributed by atoms with Gasteiger partial charge in [-0.25, -0.2) is 9.78 Å². The van der Waals surface area contributed by atoms with Crippen molar-refractivity contribution in [3.63, 3.8) is 0 Å². The van der Waals surface area contributed by atoms with Crippen LogP contribution < -0.4 is 5.32 Å². The lowest BCUT2D eigenvalue weighted by Crippen LogP contribution is -2.11. The molecule has 5 nitrogen and oxygen atoms in total. The molecular formula is C13H17N3O2S2. The second-order valence-electron chi connectivity index (χ2n) is 4.23. The Hall–Kier alpha value is -1.47. The maximum Gasteiger partial charge on any atom is 0.343 e. The number of rotatable bonds is 6. The number of hydrogen-bond acceptors (Lipinski definition) is 7. The summed E-state index contributed by atoms with van der Waals surface area (Å²) in [6.45, 7) is 6.69. The highest BCUT2D eigenvalue weighted by Crippen LogP contribution is 2.25. The van der Waals surface area contributed by atoms with Crippen LogP contribution in [-0.4, -0.2) is 28.5 Å². The van der Waals surface area contributed by atoms with E-state index in [1.165, 1.54) is 11.5 Å². The van der Waals surface area contributed by atoms with Gasteiger partial charge in [0, 0.05) is 18.3 Å². The Bertz CT molecular complexity index is 592. The SMILES string of the molecule is CCOC(=O)c1c(C)nsc1NCCc1csc(C)n1. The summed E-state index contributed by atoms with van der Waals surface area (Å²) in [6, 6.07) is 0. The molecule has 0 unspecified atom stereocenters. The van der Waals surface area contributed by atoms with E-state index in [1.807, 2.05) is 13.8 Å². The van der Waals surface area contributed by atoms with E-state index >= 15 is 0 Å². The van der Waals surface area contributed by atoms with Crippen LogP contribution in [0.3, 0.4) is 0 Å². The predicted octanol–water partition coefficient (Wildman–Crippen LogP) is 3.05. The summed E-state index contributed by atoms with van der Waals surface area (Å²) in [5.41, 5.74) is 2.32. The monoisotopic (exact) mass is 311 g/mol. The molecule has 108 valence electrons. The van der Waals surface area contributed by atoms with Crippen molar-refractivity contribution < 1.29 is 9.53 Å². The summed E-state index contributed by atoms with van der Waals surface area (Å²) >= 11 is 2.94. The third kappa shape index (κ3) is 3.55. The molecular weight excluding hydrogens is 294 g/mol. The van der Waals surface area contributed by atoms with Crippen molar-refractivity contribution in [3.05, 3.63) is 27.3 Å². The molecule has 0 aliphatic rings. The quantitative estimate of drug-likeness (QED) is 0.831. The minimum atomic E-state index is -0.314. The highest BCUT2D eigenvalue weighted by Gasteiger charge is 2.19. The maximum absolute atomic E-state index is 11.9. The number of nitrogens with one attached hydrogen (secondary N) is 1. The Balaban J connectivity index is 1.97. The second kappa shape index (κ2) is 6.81. The first-order valence-electron chi connectivity index (χ1n) is 6.40. The fourth-order valence-electron chi connectivity index (χ4n) is 1.76. The zero-order valence-corrected chi connectivity index (χ0v) is 13.4. The molecule has 2 aromatic heterocycles. The van der Waals surface area contributed by atoms with Gasteiger partial charge in [0.2, 0.25) is 0 Å². The van der Waals surface area contributed by atoms with E-state index in [9.17, 15) is 4.79 Å². The van der Waals surface area contributed by atoms with Gasteiger partial charge in [-0.15, -0.1) is 11.3 Å². The first-order valence-corrected chi connectivity index (χ1v) is 8.05. The van der Waals surface area contributed by atoms with Gasteiger partial charge in [0.1, 0.15) is 10.6 Å². The Morgan fingerprint density at radius 1 is 1.45 bits per heavy atom. The number of nitrogens with zero attached hydrogens (tertiary/aromatic N) is 2. The van der Waals surface area contributed by atoms with Gasteiger partial charge in [-0.3, -0.25) is 0 Å². The molecule has 20 heavy (non-hydrogen) atoms. The fraction of sp³-hybridized carbons (Fsp3) is 0.462. The zero-order chi connectivity index (χ0) is 14.5. The number of carbonyl (C=O) groups excluding carboxylic acids is 1. The van der Waals surface area contributed by atoms with Crippen LogP contribution in [0.2, 0.25) is 0 Å². The molecule has 0 spiro atoms. The molecule has 1 N–H and O–H groups in total. The van der Waals surface area contributed by atoms with E-state index in [-0.39, 0.29) is 5.97 Å². The van der Waals surface area contributed by atoms with Crippen molar-refractivity contribution in [2.45, 2.75) is 27.2 Å². The van der Waals surface area contributed by atoms with E-state index in [2.05, 4.69) is 20.1 Å². The molecule has 0 atom stereocenters. The first kappa shape index (κ1) is 14.9. The largest absolute Gasteiger partial charge is 0.462 e. The molecule has 0 saturated carbocycles. The summed E-state index contributed by atoms with van der Waals surface area (Å²) in [5, 5.41) is 7.15. The van der Waals surface area contributed by atoms with Crippen LogP contribution in [0, 0.1) is 13.8 Å². The molecule has 0 aromatic carbocycles. The third-order valence-electron chi connectivity index (χ3n) is 2.68. The number of anilines is 1. The van der Waals surface area contributed by atoms with Crippen LogP contribution in [0.5, 0.6) is 0 Å². The van der Waals surface area contributed by atoms with Crippen LogP contribution in [0.1, 0.15) is 33.7 Å². The van der Waals surface area contributed by atoms with Crippen LogP contribution in [0.4, 0.5) is 5.00 Å². The van der Waals surface area contributed by atoms with Crippen molar-refractivity contribution in [2.24, 2.45) is 0 Å². The molecule has 0 aliphatic heterocycles. The number of thiazole rings is 1. The van der Waals surface area contributed by atoms with Crippen molar-refractivity contribution >= 4 is 33.8 Å². The Labute approximate surface area is 126 Å². The van der Waals surface area contributed by atoms with Gasteiger partial charge in [0.25, 0.3) is 0 Å². The molecule has 0 aliphatic carbocycles. The molecule has 0 fully saturated rings. The van der Waals surface area contributed by atoms with E-state index in [0.717, 1.165) is 28.7 Å². The summed E-state index contributed by atoms with van der Waals surface area (Å²) in [7, 11) is 0. The first-order chi connectivity index (χ1) is 9.61. The van der Waals surface area contributed by atoms with E-state index in [1.54, 1.807) is 18.3 Å². The number of ether oxygens (including phenoxy) is 1. The molecule has 0 bridgehead atoms. The molecule has 2 rings (SSSR count). The molecule has 2 aromatic rings. The molecule has 0 radical (unpaired) electrons. The van der Waals surface area contributed by atoms with Gasteiger partial charge >= 0.3 is 5.97 Å². The van der Waals surface area contributed by atoms with E-state index in [0.29, 0.717) is 17.9 Å². The van der Waals surface area contributed by atoms with Crippen molar-refractivity contribution in [1.82, 2.24) is 9.36 Å². The minimum Gasteiger partial charge on any atom is -0.462 e. The minimum absolute atomic E-state index is 0.314. The highest BCUT2D eigenvalue weighted by molar-refractivity contribution is 7.10. The topological polar surface area (TPSA) is 64.1 Å². The summed E-state index contributed by atoms with van der Waals surface area (Å²) in [5.74, 6) is -0.314. The Kier molecular flexibility index (Phi) is 5.08. The predicted molar refractivity (Wildman–Crippen MR) is 81.9 cm³/mol. The number of carbonyl (C=O) groups is 1. The molecule has 7 heteroatoms. The van der Waals surface area contributed by atoms with Crippen molar-refractivity contribution in [1.29, 1.82) is 0 Å². The maximum atomic E-state index is 11.9. The van der Waals surface area contributed by atoms with E-state index < -0.39 is 0 Å². The van der Waals surface area contributed by atoms with Crippen LogP contribution in [0.25, 0.3) is 0 Å². The summed E-state index contributed by atoms with van der Waals surface area (Å²) < 4.78 is 9.27. The second-order valence-corrected chi connectivity index (χ2v) is 6.06. The van der Waals surface area contributed by atoms with Crippen LogP contribution in [-0.2, 0) is 11.2 Å². The molecule has 0 amide bonds. The number of aromatic nitrogens is 2. The molecule has 2 heterocycles. The lowest BCUT2D eigenvalue weighted by molar-refractivity contribution is 0.0527. The van der Waals surface area contributed by atoms with Gasteiger partial charge in [-0.1, -0.05) is 0 Å². The zero-order valence-electron chi connectivity index (χ0n) is 11.7. The Morgan fingerprint density at radius 2 is 2.25 bits per heavy atom. The summed E-state index contributed by atoms with van der Waals surface area (Å²) in [6.07, 6.45) is 0.823. The van der Waals surface area contributed by atoms with E-state index in [4.69, 9.17) is 4.74 Å². The van der Waals surface area contributed by atoms with Crippen LogP contribution in [0.15, 0.2) is 5.38 Å². The summed E-state index contributed by atoms with van der Waals surface area (Å²) in [4.78, 5) is 16.3. The average molecular weight is 311 g/mol. The Morgan fingerprint density at radius 3 is 2.90 bits per heavy atom. The fourth-order valence-corrected chi connectivity index (χ4v) is 3.22. The number of aryl methyl sites for hydroxylation is 2. The standard InChI is InChI=1S/C13H17N3O2S2/c1-4-18-13(17)11-8(2)16-20-12(11)14-6-5-10-7-19-9(3)15-10/h7,14H,4-6H2,1-3H3. The van der Waals surface area contributed by atoms with Gasteiger partial charge in [-0.2, -0.15) is 4.37 Å².